The van der Waals surface area contributed by atoms with Gasteiger partial charge in [0.05, 0.1) is 0 Å². The van der Waals surface area contributed by atoms with Crippen molar-refractivity contribution in [3.05, 3.63) is 29.1 Å². The van der Waals surface area contributed by atoms with E-state index in [-0.39, 0.29) is 5.78 Å². The number of nitrogens with zero attached hydrogens (tertiary/aromatic N) is 2. The second-order valence-corrected chi connectivity index (χ2v) is 5.61. The molecule has 0 saturated carbocycles. The van der Waals surface area contributed by atoms with Gasteiger partial charge in [0.25, 0.3) is 0 Å². The van der Waals surface area contributed by atoms with Gasteiger partial charge in [0, 0.05) is 31.6 Å². The highest BCUT2D eigenvalue weighted by molar-refractivity contribution is 5.94. The van der Waals surface area contributed by atoms with Gasteiger partial charge in [-0.25, -0.2) is 4.98 Å². The number of amides is 1. The first-order valence-corrected chi connectivity index (χ1v) is 9.78. The van der Waals surface area contributed by atoms with Crippen molar-refractivity contribution in [3.8, 4) is 0 Å². The van der Waals surface area contributed by atoms with E-state index in [1.807, 2.05) is 26.8 Å². The number of rotatable bonds is 4. The minimum atomic E-state index is 0.0700. The molecule has 0 fully saturated rings. The van der Waals surface area contributed by atoms with Gasteiger partial charge in [-0.1, -0.05) is 73.8 Å². The van der Waals surface area contributed by atoms with Crippen LogP contribution in [0.5, 0.6) is 0 Å². The minimum Gasteiger partial charge on any atom is -0.340 e. The Balaban J connectivity index is 0. The molecule has 0 saturated heterocycles. The standard InChI is InChI=1S/C12H14N2O2.C4H10.C3H8.C2H6/c1-2-12(16)11-4-3-9-7-14(8-15)6-5-10(9)13-11;1-3-4-2;1-3-2;1-2/h3-4,8H,2,5-7H2,1H3;3-4H2,1-2H3;3H2,1-2H3;1-2H3. The van der Waals surface area contributed by atoms with Crippen LogP contribution in [0.3, 0.4) is 0 Å². The number of ketones is 1. The zero-order valence-corrected chi connectivity index (χ0v) is 17.4. The summed E-state index contributed by atoms with van der Waals surface area (Å²) in [5.41, 5.74) is 2.55. The van der Waals surface area contributed by atoms with Crippen LogP contribution in [0.2, 0.25) is 0 Å². The van der Waals surface area contributed by atoms with Crippen molar-refractivity contribution >= 4 is 12.2 Å². The Morgan fingerprint density at radius 3 is 2.12 bits per heavy atom. The van der Waals surface area contributed by atoms with Gasteiger partial charge in [-0.2, -0.15) is 0 Å². The van der Waals surface area contributed by atoms with Crippen LogP contribution in [0.25, 0.3) is 0 Å². The third-order valence-electron chi connectivity index (χ3n) is 3.33. The summed E-state index contributed by atoms with van der Waals surface area (Å²) < 4.78 is 0. The first kappa shape index (κ1) is 25.5. The topological polar surface area (TPSA) is 50.3 Å². The van der Waals surface area contributed by atoms with E-state index >= 15 is 0 Å². The number of aromatic nitrogens is 1. The molecular formula is C21H38N2O2. The summed E-state index contributed by atoms with van der Waals surface area (Å²) in [6.45, 7) is 15.7. The normalized spacial score (nSPS) is 11.4. The molecule has 1 aliphatic heterocycles. The molecule has 4 nitrogen and oxygen atoms in total. The fourth-order valence-corrected chi connectivity index (χ4v) is 1.86. The molecule has 0 bridgehead atoms. The van der Waals surface area contributed by atoms with Gasteiger partial charge in [0.15, 0.2) is 5.78 Å². The maximum atomic E-state index is 11.5. The van der Waals surface area contributed by atoms with Gasteiger partial charge in [-0.15, -0.1) is 0 Å². The predicted octanol–water partition coefficient (Wildman–Crippen LogP) is 5.44. The molecule has 0 radical (unpaired) electrons. The lowest BCUT2D eigenvalue weighted by molar-refractivity contribution is -0.118. The molecule has 0 unspecified atom stereocenters. The van der Waals surface area contributed by atoms with Crippen molar-refractivity contribution in [3.63, 3.8) is 0 Å². The summed E-state index contributed by atoms with van der Waals surface area (Å²) in [6.07, 6.45) is 5.96. The number of hydrogen-bond acceptors (Lipinski definition) is 3. The average molecular weight is 351 g/mol. The molecule has 0 spiro atoms. The van der Waals surface area contributed by atoms with Crippen LogP contribution < -0.4 is 0 Å². The lowest BCUT2D eigenvalue weighted by Gasteiger charge is -2.24. The maximum Gasteiger partial charge on any atom is 0.210 e. The van der Waals surface area contributed by atoms with Crippen molar-refractivity contribution in [2.75, 3.05) is 6.54 Å². The highest BCUT2D eigenvalue weighted by Gasteiger charge is 2.17. The smallest absolute Gasteiger partial charge is 0.210 e. The van der Waals surface area contributed by atoms with E-state index in [2.05, 4.69) is 32.7 Å². The van der Waals surface area contributed by atoms with Crippen LogP contribution in [-0.4, -0.2) is 28.6 Å². The van der Waals surface area contributed by atoms with E-state index in [0.29, 0.717) is 25.2 Å². The predicted molar refractivity (Wildman–Crippen MR) is 107 cm³/mol. The van der Waals surface area contributed by atoms with E-state index in [9.17, 15) is 9.59 Å². The van der Waals surface area contributed by atoms with Crippen molar-refractivity contribution < 1.29 is 9.59 Å². The minimum absolute atomic E-state index is 0.0700. The second kappa shape index (κ2) is 17.1. The Morgan fingerprint density at radius 2 is 1.68 bits per heavy atom. The van der Waals surface area contributed by atoms with Gasteiger partial charge in [-0.05, 0) is 11.6 Å². The second-order valence-electron chi connectivity index (χ2n) is 5.61. The van der Waals surface area contributed by atoms with Gasteiger partial charge >= 0.3 is 0 Å². The fourth-order valence-electron chi connectivity index (χ4n) is 1.86. The zero-order chi connectivity index (χ0) is 19.7. The average Bonchev–Trinajstić information content (AvgIpc) is 2.68. The molecule has 1 aromatic heterocycles. The number of carbonyl (C=O) groups is 2. The van der Waals surface area contributed by atoms with Gasteiger partial charge in [0.2, 0.25) is 6.41 Å². The quantitative estimate of drug-likeness (QED) is 0.537. The van der Waals surface area contributed by atoms with Crippen molar-refractivity contribution in [1.29, 1.82) is 0 Å². The van der Waals surface area contributed by atoms with Crippen LogP contribution in [0, 0.1) is 0 Å². The first-order valence-electron chi connectivity index (χ1n) is 9.78. The molecule has 144 valence electrons. The van der Waals surface area contributed by atoms with Crippen LogP contribution in [-0.2, 0) is 17.8 Å². The van der Waals surface area contributed by atoms with Crippen LogP contribution in [0.4, 0.5) is 0 Å². The van der Waals surface area contributed by atoms with Gasteiger partial charge in [0.1, 0.15) is 5.69 Å². The summed E-state index contributed by atoms with van der Waals surface area (Å²) in [5, 5.41) is 0. The Labute approximate surface area is 155 Å². The lowest BCUT2D eigenvalue weighted by atomic mass is 10.0. The number of unbranched alkanes of at least 4 members (excludes halogenated alkanes) is 1. The van der Waals surface area contributed by atoms with Crippen LogP contribution in [0.15, 0.2) is 12.1 Å². The number of carbonyl (C=O) groups excluding carboxylic acids is 2. The molecule has 0 atom stereocenters. The number of Topliss-reactive ketones (excluding diaryl/α,β-unsaturated/α-hetero) is 1. The van der Waals surface area contributed by atoms with Crippen LogP contribution >= 0.6 is 0 Å². The maximum absolute atomic E-state index is 11.5. The molecule has 2 rings (SSSR count). The van der Waals surface area contributed by atoms with Crippen molar-refractivity contribution in [2.24, 2.45) is 0 Å². The van der Waals surface area contributed by atoms with Gasteiger partial charge < -0.3 is 4.90 Å². The molecule has 2 heterocycles. The molecule has 1 aromatic rings. The number of hydrogen-bond donors (Lipinski definition) is 0. The summed E-state index contributed by atoms with van der Waals surface area (Å²) >= 11 is 0. The summed E-state index contributed by atoms with van der Waals surface area (Å²) in [4.78, 5) is 28.2. The zero-order valence-electron chi connectivity index (χ0n) is 17.4. The van der Waals surface area contributed by atoms with E-state index in [1.54, 1.807) is 11.0 Å². The molecule has 0 N–H and O–H groups in total. The monoisotopic (exact) mass is 350 g/mol. The summed E-state index contributed by atoms with van der Waals surface area (Å²) in [6, 6.07) is 3.65. The van der Waals surface area contributed by atoms with E-state index in [1.165, 1.54) is 19.3 Å². The molecule has 0 aromatic carbocycles. The Bertz CT molecular complexity index is 471. The third kappa shape index (κ3) is 10.7. The Kier molecular flexibility index (Phi) is 17.5. The molecule has 4 heteroatoms. The van der Waals surface area contributed by atoms with Gasteiger partial charge in [-0.3, -0.25) is 9.59 Å². The fraction of sp³-hybridized carbons (Fsp3) is 0.667. The third-order valence-corrected chi connectivity index (χ3v) is 3.33. The summed E-state index contributed by atoms with van der Waals surface area (Å²) in [5.74, 6) is 0.0700. The van der Waals surface area contributed by atoms with Crippen LogP contribution in [0.1, 0.15) is 95.9 Å². The summed E-state index contributed by atoms with van der Waals surface area (Å²) in [7, 11) is 0. The molecule has 25 heavy (non-hydrogen) atoms. The largest absolute Gasteiger partial charge is 0.340 e. The molecular weight excluding hydrogens is 312 g/mol. The van der Waals surface area contributed by atoms with Crippen molar-refractivity contribution in [2.45, 2.75) is 87.1 Å². The molecule has 1 amide bonds. The molecule has 1 aliphatic rings. The van der Waals surface area contributed by atoms with E-state index in [0.717, 1.165) is 24.1 Å². The Morgan fingerprint density at radius 1 is 1.12 bits per heavy atom. The molecule has 0 aliphatic carbocycles. The van der Waals surface area contributed by atoms with Crippen molar-refractivity contribution in [1.82, 2.24) is 9.88 Å². The Hall–Kier alpha value is -1.71. The number of pyridine rings is 1. The van der Waals surface area contributed by atoms with E-state index < -0.39 is 0 Å². The highest BCUT2D eigenvalue weighted by Crippen LogP contribution is 2.17. The first-order chi connectivity index (χ1) is 12.1. The lowest BCUT2D eigenvalue weighted by Crippen LogP contribution is -2.30. The number of fused-ring (bicyclic) bond motifs is 1. The highest BCUT2D eigenvalue weighted by atomic mass is 16.1. The van der Waals surface area contributed by atoms with E-state index in [4.69, 9.17) is 0 Å². The SMILES string of the molecule is CC.CCC.CCC(=O)c1ccc2c(n1)CCN(C=O)C2.CCCC.